The summed E-state index contributed by atoms with van der Waals surface area (Å²) in [6, 6.07) is 1.60. The lowest BCUT2D eigenvalue weighted by Gasteiger charge is -2.10. The molecule has 1 rings (SSSR count). The highest BCUT2D eigenvalue weighted by Gasteiger charge is 2.11. The minimum absolute atomic E-state index is 0.143. The van der Waals surface area contributed by atoms with Gasteiger partial charge < -0.3 is 9.64 Å². The van der Waals surface area contributed by atoms with Crippen molar-refractivity contribution < 1.29 is 9.53 Å². The second-order valence-corrected chi connectivity index (χ2v) is 3.76. The lowest BCUT2D eigenvalue weighted by atomic mass is 10.3. The van der Waals surface area contributed by atoms with Gasteiger partial charge in [-0.05, 0) is 15.9 Å². The van der Waals surface area contributed by atoms with Crippen LogP contribution in [0.15, 0.2) is 16.7 Å². The molecule has 4 nitrogen and oxygen atoms in total. The van der Waals surface area contributed by atoms with Gasteiger partial charge in [-0.25, -0.2) is 4.98 Å². The summed E-state index contributed by atoms with van der Waals surface area (Å²) in [7, 11) is 4.90. The zero-order valence-electron chi connectivity index (χ0n) is 8.24. The van der Waals surface area contributed by atoms with Crippen LogP contribution in [0, 0.1) is 0 Å². The van der Waals surface area contributed by atoms with Gasteiger partial charge in [0.15, 0.2) is 0 Å². The quantitative estimate of drug-likeness (QED) is 0.809. The number of pyridine rings is 1. The summed E-state index contributed by atoms with van der Waals surface area (Å²) in [4.78, 5) is 17.0. The van der Waals surface area contributed by atoms with Crippen molar-refractivity contribution in [3.05, 3.63) is 22.4 Å². The van der Waals surface area contributed by atoms with E-state index in [9.17, 15) is 4.79 Å². The van der Waals surface area contributed by atoms with Gasteiger partial charge in [0.2, 0.25) is 0 Å². The molecule has 1 aromatic rings. The summed E-state index contributed by atoms with van der Waals surface area (Å²) in [6.07, 6.45) is 1.55. The van der Waals surface area contributed by atoms with Crippen molar-refractivity contribution >= 4 is 21.8 Å². The monoisotopic (exact) mass is 258 g/mol. The third kappa shape index (κ3) is 2.23. The molecule has 0 unspecified atom stereocenters. The fourth-order valence-electron chi connectivity index (χ4n) is 0.923. The Labute approximate surface area is 91.0 Å². The average Bonchev–Trinajstić information content (AvgIpc) is 2.17. The molecule has 14 heavy (non-hydrogen) atoms. The molecule has 0 aliphatic rings. The molecular formula is C9H11BrN2O2. The van der Waals surface area contributed by atoms with E-state index >= 15 is 0 Å². The molecule has 1 amide bonds. The first kappa shape index (κ1) is 11.0. The summed E-state index contributed by atoms with van der Waals surface area (Å²) in [5.74, 6) is 0.459. The minimum Gasteiger partial charge on any atom is -0.495 e. The van der Waals surface area contributed by atoms with Gasteiger partial charge >= 0.3 is 0 Å². The molecule has 0 aliphatic carbocycles. The number of nitrogens with zero attached hydrogens (tertiary/aromatic N) is 2. The average molecular weight is 259 g/mol. The number of hydrogen-bond acceptors (Lipinski definition) is 3. The predicted octanol–water partition coefficient (Wildman–Crippen LogP) is 1.55. The number of methoxy groups -OCH3 is 1. The lowest BCUT2D eigenvalue weighted by Crippen LogP contribution is -2.22. The Hall–Kier alpha value is -1.10. The largest absolute Gasteiger partial charge is 0.495 e. The Kier molecular flexibility index (Phi) is 3.46. The Morgan fingerprint density at radius 1 is 1.57 bits per heavy atom. The molecule has 0 fully saturated rings. The van der Waals surface area contributed by atoms with Gasteiger partial charge in [0, 0.05) is 26.4 Å². The number of ether oxygens (including phenoxy) is 1. The molecule has 1 aromatic heterocycles. The molecule has 0 aliphatic heterocycles. The summed E-state index contributed by atoms with van der Waals surface area (Å²) in [5, 5.41) is 0. The predicted molar refractivity (Wildman–Crippen MR) is 56.5 cm³/mol. The summed E-state index contributed by atoms with van der Waals surface area (Å²) in [5.41, 5.74) is 0.370. The van der Waals surface area contributed by atoms with Crippen LogP contribution in [0.5, 0.6) is 5.75 Å². The van der Waals surface area contributed by atoms with E-state index in [0.717, 1.165) is 4.47 Å². The smallest absolute Gasteiger partial charge is 0.272 e. The maximum atomic E-state index is 11.5. The van der Waals surface area contributed by atoms with Crippen LogP contribution in [0.4, 0.5) is 0 Å². The second-order valence-electron chi connectivity index (χ2n) is 2.90. The molecule has 0 saturated heterocycles. The van der Waals surface area contributed by atoms with Gasteiger partial charge in [-0.2, -0.15) is 0 Å². The Morgan fingerprint density at radius 3 is 2.71 bits per heavy atom. The van der Waals surface area contributed by atoms with Crippen molar-refractivity contribution in [3.63, 3.8) is 0 Å². The van der Waals surface area contributed by atoms with Crippen LogP contribution in [0.25, 0.3) is 0 Å². The Bertz CT molecular complexity index is 353. The second kappa shape index (κ2) is 4.41. The van der Waals surface area contributed by atoms with E-state index in [1.165, 1.54) is 4.90 Å². The molecule has 5 heteroatoms. The molecule has 0 N–H and O–H groups in total. The maximum Gasteiger partial charge on any atom is 0.272 e. The van der Waals surface area contributed by atoms with Crippen molar-refractivity contribution in [2.45, 2.75) is 0 Å². The first-order valence-electron chi connectivity index (χ1n) is 3.97. The van der Waals surface area contributed by atoms with E-state index in [0.29, 0.717) is 11.4 Å². The first-order valence-corrected chi connectivity index (χ1v) is 4.76. The lowest BCUT2D eigenvalue weighted by molar-refractivity contribution is 0.0821. The molecule has 0 spiro atoms. The van der Waals surface area contributed by atoms with E-state index in [2.05, 4.69) is 20.9 Å². The van der Waals surface area contributed by atoms with E-state index in [1.807, 2.05) is 0 Å². The van der Waals surface area contributed by atoms with Gasteiger partial charge in [-0.15, -0.1) is 0 Å². The molecule has 0 radical (unpaired) electrons. The Morgan fingerprint density at radius 2 is 2.21 bits per heavy atom. The fourth-order valence-corrected chi connectivity index (χ4v) is 1.30. The highest BCUT2D eigenvalue weighted by molar-refractivity contribution is 9.10. The van der Waals surface area contributed by atoms with Gasteiger partial charge in [0.05, 0.1) is 11.6 Å². The zero-order valence-corrected chi connectivity index (χ0v) is 9.83. The molecule has 76 valence electrons. The van der Waals surface area contributed by atoms with Crippen LogP contribution in [0.1, 0.15) is 10.5 Å². The molecule has 0 atom stereocenters. The Balaban J connectivity index is 3.06. The fraction of sp³-hybridized carbons (Fsp3) is 0.333. The minimum atomic E-state index is -0.143. The normalized spacial score (nSPS) is 9.71. The maximum absolute atomic E-state index is 11.5. The number of carbonyl (C=O) groups is 1. The number of rotatable bonds is 2. The van der Waals surface area contributed by atoms with E-state index in [1.54, 1.807) is 33.5 Å². The van der Waals surface area contributed by atoms with Crippen LogP contribution >= 0.6 is 15.9 Å². The SMILES string of the molecule is COc1cc(C(=O)N(C)C)ncc1Br. The van der Waals surface area contributed by atoms with Gasteiger partial charge in [0.1, 0.15) is 11.4 Å². The molecule has 0 saturated carbocycles. The highest BCUT2D eigenvalue weighted by atomic mass is 79.9. The highest BCUT2D eigenvalue weighted by Crippen LogP contribution is 2.24. The number of aromatic nitrogens is 1. The van der Waals surface area contributed by atoms with Crippen molar-refractivity contribution in [2.24, 2.45) is 0 Å². The molecular weight excluding hydrogens is 248 g/mol. The summed E-state index contributed by atoms with van der Waals surface area (Å²) >= 11 is 3.26. The topological polar surface area (TPSA) is 42.4 Å². The van der Waals surface area contributed by atoms with Crippen molar-refractivity contribution in [1.29, 1.82) is 0 Å². The van der Waals surface area contributed by atoms with Gasteiger partial charge in [-0.1, -0.05) is 0 Å². The van der Waals surface area contributed by atoms with Crippen LogP contribution in [0.3, 0.4) is 0 Å². The number of carbonyl (C=O) groups excluding carboxylic acids is 1. The van der Waals surface area contributed by atoms with Crippen LogP contribution in [0.2, 0.25) is 0 Å². The number of amides is 1. The van der Waals surface area contributed by atoms with Crippen molar-refractivity contribution in [1.82, 2.24) is 9.88 Å². The third-order valence-electron chi connectivity index (χ3n) is 1.67. The van der Waals surface area contributed by atoms with Crippen molar-refractivity contribution in [3.8, 4) is 5.75 Å². The molecule has 0 aromatic carbocycles. The van der Waals surface area contributed by atoms with Gasteiger partial charge in [0.25, 0.3) is 5.91 Å². The molecule has 0 bridgehead atoms. The van der Waals surface area contributed by atoms with Crippen LogP contribution in [-0.4, -0.2) is 37.0 Å². The number of halogens is 1. The first-order chi connectivity index (χ1) is 6.56. The standard InChI is InChI=1S/C9H11BrN2O2/c1-12(2)9(13)7-4-8(14-3)6(10)5-11-7/h4-5H,1-3H3. The van der Waals surface area contributed by atoms with Crippen LogP contribution < -0.4 is 4.74 Å². The van der Waals surface area contributed by atoms with Crippen molar-refractivity contribution in [2.75, 3.05) is 21.2 Å². The zero-order chi connectivity index (χ0) is 10.7. The van der Waals surface area contributed by atoms with E-state index in [-0.39, 0.29) is 5.91 Å². The van der Waals surface area contributed by atoms with E-state index < -0.39 is 0 Å². The van der Waals surface area contributed by atoms with Crippen LogP contribution in [-0.2, 0) is 0 Å². The van der Waals surface area contributed by atoms with Gasteiger partial charge in [-0.3, -0.25) is 4.79 Å². The molecule has 1 heterocycles. The number of hydrogen-bond donors (Lipinski definition) is 0. The summed E-state index contributed by atoms with van der Waals surface area (Å²) in [6.45, 7) is 0. The summed E-state index contributed by atoms with van der Waals surface area (Å²) < 4.78 is 5.79. The third-order valence-corrected chi connectivity index (χ3v) is 2.26. The van der Waals surface area contributed by atoms with E-state index in [4.69, 9.17) is 4.74 Å².